The molecule has 0 radical (unpaired) electrons. The maximum Gasteiger partial charge on any atom is 0.230 e. The van der Waals surface area contributed by atoms with Gasteiger partial charge in [0, 0.05) is 24.7 Å². The van der Waals surface area contributed by atoms with Crippen LogP contribution in [0, 0.1) is 6.92 Å². The van der Waals surface area contributed by atoms with Crippen LogP contribution in [0.4, 0.5) is 0 Å². The zero-order chi connectivity index (χ0) is 13.5. The lowest BCUT2D eigenvalue weighted by atomic mass is 10.4. The van der Waals surface area contributed by atoms with Crippen molar-refractivity contribution in [2.75, 3.05) is 12.3 Å². The first kappa shape index (κ1) is 14.0. The van der Waals surface area contributed by atoms with Gasteiger partial charge in [0.15, 0.2) is 0 Å². The van der Waals surface area contributed by atoms with Gasteiger partial charge in [0.25, 0.3) is 0 Å². The monoisotopic (exact) mass is 297 g/mol. The van der Waals surface area contributed by atoms with E-state index in [-0.39, 0.29) is 5.91 Å². The highest BCUT2D eigenvalue weighted by molar-refractivity contribution is 7.99. The van der Waals surface area contributed by atoms with Gasteiger partial charge in [0.1, 0.15) is 0 Å². The van der Waals surface area contributed by atoms with Gasteiger partial charge < -0.3 is 5.32 Å². The fraction of sp³-hybridized carbons (Fsp3) is 0.455. The molecule has 2 aromatic heterocycles. The van der Waals surface area contributed by atoms with E-state index in [1.807, 2.05) is 19.2 Å². The Morgan fingerprint density at radius 3 is 3.11 bits per heavy atom. The Hall–Kier alpha value is -1.41. The van der Waals surface area contributed by atoms with Crippen LogP contribution < -0.4 is 5.32 Å². The molecule has 0 aliphatic carbocycles. The largest absolute Gasteiger partial charge is 0.354 e. The Morgan fingerprint density at radius 1 is 1.53 bits per heavy atom. The SMILES string of the molecule is Cc1nsnc1CSCC(=O)NCCn1cccn1. The fourth-order valence-electron chi connectivity index (χ4n) is 1.41. The van der Waals surface area contributed by atoms with Crippen molar-refractivity contribution in [3.8, 4) is 0 Å². The molecule has 6 nitrogen and oxygen atoms in total. The Morgan fingerprint density at radius 2 is 2.42 bits per heavy atom. The van der Waals surface area contributed by atoms with Crippen LogP contribution in [0.15, 0.2) is 18.5 Å². The third-order valence-electron chi connectivity index (χ3n) is 2.44. The number of hydrogen-bond acceptors (Lipinski definition) is 6. The van der Waals surface area contributed by atoms with E-state index in [2.05, 4.69) is 19.2 Å². The van der Waals surface area contributed by atoms with Gasteiger partial charge in [-0.1, -0.05) is 0 Å². The highest BCUT2D eigenvalue weighted by Gasteiger charge is 2.05. The van der Waals surface area contributed by atoms with Crippen molar-refractivity contribution in [3.63, 3.8) is 0 Å². The standard InChI is InChI=1S/C11H15N5OS2/c1-9-10(15-19-14-9)7-18-8-11(17)12-4-6-16-5-2-3-13-16/h2-3,5H,4,6-8H2,1H3,(H,12,17). The number of nitrogens with zero attached hydrogens (tertiary/aromatic N) is 4. The van der Waals surface area contributed by atoms with Gasteiger partial charge >= 0.3 is 0 Å². The maximum absolute atomic E-state index is 11.6. The minimum absolute atomic E-state index is 0.0398. The van der Waals surface area contributed by atoms with Crippen LogP contribution in [0.2, 0.25) is 0 Å². The maximum atomic E-state index is 11.6. The molecule has 2 aromatic rings. The molecule has 0 spiro atoms. The van der Waals surface area contributed by atoms with E-state index < -0.39 is 0 Å². The van der Waals surface area contributed by atoms with Gasteiger partial charge in [-0.05, 0) is 13.0 Å². The number of hydrogen-bond donors (Lipinski definition) is 1. The molecule has 0 saturated heterocycles. The predicted molar refractivity (Wildman–Crippen MR) is 76.0 cm³/mol. The Balaban J connectivity index is 1.58. The van der Waals surface area contributed by atoms with Crippen molar-refractivity contribution < 1.29 is 4.79 Å². The summed E-state index contributed by atoms with van der Waals surface area (Å²) < 4.78 is 10.1. The lowest BCUT2D eigenvalue weighted by Crippen LogP contribution is -2.28. The zero-order valence-corrected chi connectivity index (χ0v) is 12.2. The molecule has 19 heavy (non-hydrogen) atoms. The van der Waals surface area contributed by atoms with E-state index in [4.69, 9.17) is 0 Å². The van der Waals surface area contributed by atoms with E-state index >= 15 is 0 Å². The molecule has 0 bridgehead atoms. The second-order valence-corrected chi connectivity index (χ2v) is 5.42. The molecule has 0 aliphatic heterocycles. The molecule has 8 heteroatoms. The molecule has 0 aliphatic rings. The minimum atomic E-state index is 0.0398. The van der Waals surface area contributed by atoms with Gasteiger partial charge in [0.05, 0.1) is 35.4 Å². The third-order valence-corrected chi connectivity index (χ3v) is 4.04. The second kappa shape index (κ2) is 7.25. The molecule has 0 unspecified atom stereocenters. The van der Waals surface area contributed by atoms with Crippen molar-refractivity contribution in [1.82, 2.24) is 23.8 Å². The van der Waals surface area contributed by atoms with Gasteiger partial charge in [-0.25, -0.2) is 0 Å². The number of thioether (sulfide) groups is 1. The summed E-state index contributed by atoms with van der Waals surface area (Å²) in [5.41, 5.74) is 1.93. The molecular formula is C11H15N5OS2. The van der Waals surface area contributed by atoms with Crippen LogP contribution in [-0.2, 0) is 17.1 Å². The highest BCUT2D eigenvalue weighted by atomic mass is 32.2. The Bertz CT molecular complexity index is 511. The first-order valence-corrected chi connectivity index (χ1v) is 7.74. The molecule has 2 rings (SSSR count). The lowest BCUT2D eigenvalue weighted by molar-refractivity contribution is -0.118. The first-order valence-electron chi connectivity index (χ1n) is 5.85. The number of nitrogens with one attached hydrogen (secondary N) is 1. The smallest absolute Gasteiger partial charge is 0.230 e. The normalized spacial score (nSPS) is 10.6. The number of aryl methyl sites for hydroxylation is 1. The quantitative estimate of drug-likeness (QED) is 0.828. The Labute approximate surface area is 119 Å². The highest BCUT2D eigenvalue weighted by Crippen LogP contribution is 2.13. The average Bonchev–Trinajstić information content (AvgIpc) is 3.02. The summed E-state index contributed by atoms with van der Waals surface area (Å²) in [6.07, 6.45) is 3.60. The predicted octanol–water partition coefficient (Wildman–Crippen LogP) is 1.09. The van der Waals surface area contributed by atoms with Gasteiger partial charge in [-0.3, -0.25) is 9.48 Å². The number of aromatic nitrogens is 4. The molecular weight excluding hydrogens is 282 g/mol. The van der Waals surface area contributed by atoms with E-state index in [9.17, 15) is 4.79 Å². The first-order chi connectivity index (χ1) is 9.25. The molecule has 2 heterocycles. The zero-order valence-electron chi connectivity index (χ0n) is 10.6. The number of carbonyl (C=O) groups is 1. The number of carbonyl (C=O) groups excluding carboxylic acids is 1. The van der Waals surface area contributed by atoms with E-state index in [1.165, 1.54) is 11.7 Å². The summed E-state index contributed by atoms with van der Waals surface area (Å²) in [5.74, 6) is 1.21. The summed E-state index contributed by atoms with van der Waals surface area (Å²) in [5, 5.41) is 6.93. The molecule has 0 aromatic carbocycles. The topological polar surface area (TPSA) is 72.7 Å². The molecule has 0 atom stereocenters. The van der Waals surface area contributed by atoms with Crippen LogP contribution in [0.25, 0.3) is 0 Å². The van der Waals surface area contributed by atoms with Gasteiger partial charge in [0.2, 0.25) is 5.91 Å². The average molecular weight is 297 g/mol. The van der Waals surface area contributed by atoms with Crippen LogP contribution in [0.3, 0.4) is 0 Å². The molecule has 0 saturated carbocycles. The third kappa shape index (κ3) is 4.64. The van der Waals surface area contributed by atoms with E-state index in [0.717, 1.165) is 17.1 Å². The summed E-state index contributed by atoms with van der Waals surface area (Å²) in [6, 6.07) is 1.86. The molecule has 1 amide bonds. The molecule has 102 valence electrons. The number of rotatable bonds is 7. The van der Waals surface area contributed by atoms with Crippen LogP contribution in [-0.4, -0.2) is 36.7 Å². The van der Waals surface area contributed by atoms with Crippen molar-refractivity contribution in [1.29, 1.82) is 0 Å². The second-order valence-electron chi connectivity index (χ2n) is 3.91. The van der Waals surface area contributed by atoms with Crippen molar-refractivity contribution >= 4 is 29.4 Å². The summed E-state index contributed by atoms with van der Waals surface area (Å²) in [6.45, 7) is 3.22. The van der Waals surface area contributed by atoms with Crippen molar-refractivity contribution in [2.45, 2.75) is 19.2 Å². The summed E-state index contributed by atoms with van der Waals surface area (Å²) in [4.78, 5) is 11.6. The minimum Gasteiger partial charge on any atom is -0.354 e. The lowest BCUT2D eigenvalue weighted by Gasteiger charge is -2.05. The summed E-state index contributed by atoms with van der Waals surface area (Å²) in [7, 11) is 0. The van der Waals surface area contributed by atoms with Gasteiger partial charge in [-0.2, -0.15) is 13.8 Å². The van der Waals surface area contributed by atoms with E-state index in [0.29, 0.717) is 18.8 Å². The Kier molecular flexibility index (Phi) is 5.34. The number of amides is 1. The molecule has 0 fully saturated rings. The van der Waals surface area contributed by atoms with Crippen molar-refractivity contribution in [2.24, 2.45) is 0 Å². The molecule has 1 N–H and O–H groups in total. The van der Waals surface area contributed by atoms with Crippen molar-refractivity contribution in [3.05, 3.63) is 29.8 Å². The summed E-state index contributed by atoms with van der Waals surface area (Å²) >= 11 is 2.76. The van der Waals surface area contributed by atoms with Gasteiger partial charge in [-0.15, -0.1) is 11.8 Å². The fourth-order valence-corrected chi connectivity index (χ4v) is 2.92. The van der Waals surface area contributed by atoms with E-state index in [1.54, 1.807) is 22.6 Å². The van der Waals surface area contributed by atoms with Crippen LogP contribution in [0.1, 0.15) is 11.4 Å². The van der Waals surface area contributed by atoms with Crippen LogP contribution >= 0.6 is 23.5 Å². The van der Waals surface area contributed by atoms with Crippen LogP contribution in [0.5, 0.6) is 0 Å².